The SMILES string of the molecule is COc1ccc(CCNC(=O)CCC(C)N)c(OC)c1OC. The van der Waals surface area contributed by atoms with Crippen molar-refractivity contribution in [3.05, 3.63) is 17.7 Å². The zero-order valence-corrected chi connectivity index (χ0v) is 13.8. The molecule has 1 unspecified atom stereocenters. The van der Waals surface area contributed by atoms with Crippen LogP contribution in [0.1, 0.15) is 25.3 Å². The standard InChI is InChI=1S/C16H26N2O4/c1-11(17)5-8-14(19)18-10-9-12-6-7-13(20-2)16(22-4)15(12)21-3/h6-7,11H,5,8-10,17H2,1-4H3,(H,18,19). The highest BCUT2D eigenvalue weighted by molar-refractivity contribution is 5.75. The molecule has 0 aromatic heterocycles. The number of amides is 1. The fraction of sp³-hybridized carbons (Fsp3) is 0.562. The molecule has 0 heterocycles. The Morgan fingerprint density at radius 2 is 1.86 bits per heavy atom. The van der Waals surface area contributed by atoms with E-state index in [2.05, 4.69) is 5.32 Å². The molecule has 0 saturated heterocycles. The monoisotopic (exact) mass is 310 g/mol. The number of hydrogen-bond donors (Lipinski definition) is 2. The van der Waals surface area contributed by atoms with E-state index in [0.29, 0.717) is 43.1 Å². The van der Waals surface area contributed by atoms with E-state index in [4.69, 9.17) is 19.9 Å². The third kappa shape index (κ3) is 5.11. The van der Waals surface area contributed by atoms with Gasteiger partial charge < -0.3 is 25.3 Å². The fourth-order valence-electron chi connectivity index (χ4n) is 2.14. The van der Waals surface area contributed by atoms with E-state index >= 15 is 0 Å². The van der Waals surface area contributed by atoms with E-state index in [-0.39, 0.29) is 11.9 Å². The predicted molar refractivity (Wildman–Crippen MR) is 85.7 cm³/mol. The number of methoxy groups -OCH3 is 3. The summed E-state index contributed by atoms with van der Waals surface area (Å²) in [6.07, 6.45) is 1.78. The first-order chi connectivity index (χ1) is 10.5. The van der Waals surface area contributed by atoms with Crippen LogP contribution in [0.4, 0.5) is 0 Å². The van der Waals surface area contributed by atoms with Gasteiger partial charge in [-0.25, -0.2) is 0 Å². The van der Waals surface area contributed by atoms with Gasteiger partial charge in [0, 0.05) is 24.6 Å². The highest BCUT2D eigenvalue weighted by Gasteiger charge is 2.15. The normalized spacial score (nSPS) is 11.7. The van der Waals surface area contributed by atoms with Crippen LogP contribution in [0.5, 0.6) is 17.2 Å². The minimum atomic E-state index is 0.0109. The molecule has 0 aliphatic carbocycles. The Labute approximate surface area is 131 Å². The Kier molecular flexibility index (Phi) is 7.52. The number of hydrogen-bond acceptors (Lipinski definition) is 5. The van der Waals surface area contributed by atoms with Crippen LogP contribution in [0.25, 0.3) is 0 Å². The maximum absolute atomic E-state index is 11.7. The first kappa shape index (κ1) is 18.1. The summed E-state index contributed by atoms with van der Waals surface area (Å²) >= 11 is 0. The van der Waals surface area contributed by atoms with Crippen LogP contribution in [-0.2, 0) is 11.2 Å². The summed E-state index contributed by atoms with van der Waals surface area (Å²) < 4.78 is 16.0. The molecule has 6 heteroatoms. The highest BCUT2D eigenvalue weighted by Crippen LogP contribution is 2.39. The lowest BCUT2D eigenvalue weighted by Gasteiger charge is -2.16. The van der Waals surface area contributed by atoms with Crippen molar-refractivity contribution in [1.82, 2.24) is 5.32 Å². The van der Waals surface area contributed by atoms with Crippen molar-refractivity contribution < 1.29 is 19.0 Å². The minimum Gasteiger partial charge on any atom is -0.493 e. The third-order valence-corrected chi connectivity index (χ3v) is 3.33. The first-order valence-electron chi connectivity index (χ1n) is 7.33. The number of ether oxygens (including phenoxy) is 3. The molecular formula is C16H26N2O4. The van der Waals surface area contributed by atoms with Gasteiger partial charge in [-0.1, -0.05) is 6.07 Å². The second kappa shape index (κ2) is 9.15. The Morgan fingerprint density at radius 1 is 1.18 bits per heavy atom. The summed E-state index contributed by atoms with van der Waals surface area (Å²) in [5.41, 5.74) is 6.59. The van der Waals surface area contributed by atoms with E-state index in [1.165, 1.54) is 0 Å². The molecule has 0 radical (unpaired) electrons. The maximum atomic E-state index is 11.7. The summed E-state index contributed by atoms with van der Waals surface area (Å²) in [5, 5.41) is 2.88. The molecule has 0 aliphatic rings. The average molecular weight is 310 g/mol. The van der Waals surface area contributed by atoms with Gasteiger partial charge in [0.05, 0.1) is 21.3 Å². The van der Waals surface area contributed by atoms with Gasteiger partial charge in [0.1, 0.15) is 0 Å². The van der Waals surface area contributed by atoms with Crippen molar-refractivity contribution in [2.24, 2.45) is 5.73 Å². The van der Waals surface area contributed by atoms with Crippen molar-refractivity contribution in [2.45, 2.75) is 32.2 Å². The molecule has 0 spiro atoms. The summed E-state index contributed by atoms with van der Waals surface area (Å²) in [6, 6.07) is 3.78. The van der Waals surface area contributed by atoms with Crippen molar-refractivity contribution in [2.75, 3.05) is 27.9 Å². The minimum absolute atomic E-state index is 0.0109. The van der Waals surface area contributed by atoms with E-state index < -0.39 is 0 Å². The lowest BCUT2D eigenvalue weighted by atomic mass is 10.1. The molecule has 0 saturated carbocycles. The van der Waals surface area contributed by atoms with Gasteiger partial charge in [0.2, 0.25) is 11.7 Å². The first-order valence-corrected chi connectivity index (χ1v) is 7.33. The topological polar surface area (TPSA) is 82.8 Å². The number of nitrogens with two attached hydrogens (primary N) is 1. The molecule has 0 bridgehead atoms. The van der Waals surface area contributed by atoms with E-state index in [9.17, 15) is 4.79 Å². The second-order valence-corrected chi connectivity index (χ2v) is 5.11. The fourth-order valence-corrected chi connectivity index (χ4v) is 2.14. The van der Waals surface area contributed by atoms with Gasteiger partial charge in [-0.05, 0) is 25.8 Å². The molecule has 124 valence electrons. The lowest BCUT2D eigenvalue weighted by Crippen LogP contribution is -2.27. The number of benzene rings is 1. The van der Waals surface area contributed by atoms with E-state index in [1.54, 1.807) is 21.3 Å². The highest BCUT2D eigenvalue weighted by atomic mass is 16.5. The van der Waals surface area contributed by atoms with Gasteiger partial charge in [0.25, 0.3) is 0 Å². The van der Waals surface area contributed by atoms with Crippen LogP contribution < -0.4 is 25.3 Å². The molecule has 1 amide bonds. The van der Waals surface area contributed by atoms with Crippen molar-refractivity contribution >= 4 is 5.91 Å². The van der Waals surface area contributed by atoms with Crippen LogP contribution >= 0.6 is 0 Å². The Balaban J connectivity index is 2.64. The van der Waals surface area contributed by atoms with E-state index in [0.717, 1.165) is 5.56 Å². The molecule has 1 aromatic rings. The largest absolute Gasteiger partial charge is 0.493 e. The Hall–Kier alpha value is -1.95. The van der Waals surface area contributed by atoms with Crippen LogP contribution in [0.2, 0.25) is 0 Å². The quantitative estimate of drug-likeness (QED) is 0.722. The lowest BCUT2D eigenvalue weighted by molar-refractivity contribution is -0.121. The zero-order chi connectivity index (χ0) is 16.5. The summed E-state index contributed by atoms with van der Waals surface area (Å²) in [4.78, 5) is 11.7. The predicted octanol–water partition coefficient (Wildman–Crippen LogP) is 1.50. The third-order valence-electron chi connectivity index (χ3n) is 3.33. The van der Waals surface area contributed by atoms with Crippen LogP contribution in [0.3, 0.4) is 0 Å². The summed E-state index contributed by atoms with van der Waals surface area (Å²) in [7, 11) is 4.73. The van der Waals surface area contributed by atoms with Gasteiger partial charge in [-0.3, -0.25) is 4.79 Å². The van der Waals surface area contributed by atoms with Gasteiger partial charge in [0.15, 0.2) is 11.5 Å². The van der Waals surface area contributed by atoms with Crippen molar-refractivity contribution in [1.29, 1.82) is 0 Å². The van der Waals surface area contributed by atoms with E-state index in [1.807, 2.05) is 19.1 Å². The maximum Gasteiger partial charge on any atom is 0.220 e. The van der Waals surface area contributed by atoms with Crippen molar-refractivity contribution in [3.63, 3.8) is 0 Å². The molecular weight excluding hydrogens is 284 g/mol. The molecule has 0 fully saturated rings. The average Bonchev–Trinajstić information content (AvgIpc) is 2.51. The zero-order valence-electron chi connectivity index (χ0n) is 13.8. The van der Waals surface area contributed by atoms with Gasteiger partial charge >= 0.3 is 0 Å². The Bertz CT molecular complexity index is 489. The number of rotatable bonds is 9. The number of carbonyl (C=O) groups is 1. The molecule has 3 N–H and O–H groups in total. The van der Waals surface area contributed by atoms with Gasteiger partial charge in [-0.15, -0.1) is 0 Å². The smallest absolute Gasteiger partial charge is 0.220 e. The Morgan fingerprint density at radius 3 is 2.41 bits per heavy atom. The second-order valence-electron chi connectivity index (χ2n) is 5.11. The molecule has 6 nitrogen and oxygen atoms in total. The summed E-state index contributed by atoms with van der Waals surface area (Å²) in [6.45, 7) is 2.42. The molecule has 1 aromatic carbocycles. The van der Waals surface area contributed by atoms with Gasteiger partial charge in [-0.2, -0.15) is 0 Å². The number of carbonyl (C=O) groups excluding carboxylic acids is 1. The van der Waals surface area contributed by atoms with Crippen LogP contribution in [-0.4, -0.2) is 39.8 Å². The molecule has 1 rings (SSSR count). The van der Waals surface area contributed by atoms with Crippen molar-refractivity contribution in [3.8, 4) is 17.2 Å². The molecule has 0 aliphatic heterocycles. The van der Waals surface area contributed by atoms with Crippen LogP contribution in [0.15, 0.2) is 12.1 Å². The summed E-state index contributed by atoms with van der Waals surface area (Å²) in [5.74, 6) is 1.82. The van der Waals surface area contributed by atoms with Crippen LogP contribution in [0, 0.1) is 0 Å². The molecule has 1 atom stereocenters. The number of nitrogens with one attached hydrogen (secondary N) is 1. The molecule has 22 heavy (non-hydrogen) atoms.